The van der Waals surface area contributed by atoms with Gasteiger partial charge in [0.25, 0.3) is 0 Å². The Bertz CT molecular complexity index is 3770. The minimum Gasteiger partial charge on any atom is -0.454 e. The topological polar surface area (TPSA) is 23.0 Å². The SMILES string of the molecule is c1ccc(-n2c3ccc(-c4ccc5c(c4)c4ccccc4n5-c4cc5c6ccccc6sc5c5c4oc4ccccc45)cc3c3c4ccccc4ccc32)cc1. The second-order valence-corrected chi connectivity index (χ2v) is 15.9. The van der Waals surface area contributed by atoms with Crippen molar-refractivity contribution in [3.05, 3.63) is 182 Å². The van der Waals surface area contributed by atoms with Gasteiger partial charge < -0.3 is 13.6 Å². The molecule has 0 aliphatic carbocycles. The number of hydrogen-bond donors (Lipinski definition) is 0. The van der Waals surface area contributed by atoms with E-state index in [-0.39, 0.29) is 0 Å². The summed E-state index contributed by atoms with van der Waals surface area (Å²) in [5.41, 5.74) is 11.2. The van der Waals surface area contributed by atoms with E-state index in [1.165, 1.54) is 80.0 Å². The van der Waals surface area contributed by atoms with Gasteiger partial charge in [-0.2, -0.15) is 0 Å². The molecule has 3 nitrogen and oxygen atoms in total. The monoisotopic (exact) mass is 730 g/mol. The average Bonchev–Trinajstić information content (AvgIpc) is 4.01. The average molecular weight is 731 g/mol. The molecule has 0 fully saturated rings. The van der Waals surface area contributed by atoms with Crippen LogP contribution in [0.5, 0.6) is 0 Å². The third-order valence-corrected chi connectivity index (χ3v) is 13.1. The van der Waals surface area contributed by atoms with Gasteiger partial charge in [-0.25, -0.2) is 0 Å². The molecular formula is C52H30N2OS. The van der Waals surface area contributed by atoms with Crippen LogP contribution in [0.4, 0.5) is 0 Å². The lowest BCUT2D eigenvalue weighted by molar-refractivity contribution is 0.666. The van der Waals surface area contributed by atoms with Gasteiger partial charge in [-0.1, -0.05) is 115 Å². The molecule has 0 bridgehead atoms. The predicted molar refractivity (Wildman–Crippen MR) is 238 cm³/mol. The molecule has 0 aliphatic rings. The maximum atomic E-state index is 6.83. The van der Waals surface area contributed by atoms with Crippen molar-refractivity contribution >= 4 is 108 Å². The molecule has 0 unspecified atom stereocenters. The Morgan fingerprint density at radius 3 is 1.89 bits per heavy atom. The van der Waals surface area contributed by atoms with Gasteiger partial charge in [0.15, 0.2) is 5.58 Å². The molecule has 0 atom stereocenters. The van der Waals surface area contributed by atoms with Gasteiger partial charge in [0.05, 0.1) is 27.8 Å². The molecule has 0 saturated heterocycles. The zero-order valence-electron chi connectivity index (χ0n) is 30.0. The van der Waals surface area contributed by atoms with Crippen LogP contribution in [0.3, 0.4) is 0 Å². The molecule has 13 aromatic rings. The van der Waals surface area contributed by atoms with E-state index in [2.05, 4.69) is 191 Å². The molecule has 4 aromatic heterocycles. The van der Waals surface area contributed by atoms with Crippen molar-refractivity contribution in [2.24, 2.45) is 0 Å². The molecule has 0 radical (unpaired) electrons. The highest BCUT2D eigenvalue weighted by Crippen LogP contribution is 2.47. The fourth-order valence-corrected chi connectivity index (χ4v) is 10.7. The first-order valence-electron chi connectivity index (χ1n) is 19.1. The summed E-state index contributed by atoms with van der Waals surface area (Å²) in [6.07, 6.45) is 0. The van der Waals surface area contributed by atoms with Crippen molar-refractivity contribution in [3.8, 4) is 22.5 Å². The first kappa shape index (κ1) is 30.2. The molecule has 0 aliphatic heterocycles. The smallest absolute Gasteiger partial charge is 0.160 e. The third kappa shape index (κ3) is 4.06. The molecule has 4 heterocycles. The van der Waals surface area contributed by atoms with Crippen LogP contribution in [0.15, 0.2) is 186 Å². The van der Waals surface area contributed by atoms with E-state index < -0.39 is 0 Å². The maximum absolute atomic E-state index is 6.83. The Labute approximate surface area is 324 Å². The van der Waals surface area contributed by atoms with Gasteiger partial charge in [-0.05, 0) is 88.6 Å². The summed E-state index contributed by atoms with van der Waals surface area (Å²) in [6.45, 7) is 0. The Morgan fingerprint density at radius 2 is 1.04 bits per heavy atom. The van der Waals surface area contributed by atoms with Gasteiger partial charge in [0, 0.05) is 58.2 Å². The van der Waals surface area contributed by atoms with Crippen molar-refractivity contribution in [1.82, 2.24) is 9.13 Å². The first-order valence-corrected chi connectivity index (χ1v) is 19.9. The fraction of sp³-hybridized carbons (Fsp3) is 0. The molecule has 56 heavy (non-hydrogen) atoms. The van der Waals surface area contributed by atoms with Crippen LogP contribution in [-0.2, 0) is 0 Å². The van der Waals surface area contributed by atoms with Crippen LogP contribution in [0.2, 0.25) is 0 Å². The van der Waals surface area contributed by atoms with Crippen LogP contribution in [0.25, 0.3) is 119 Å². The molecule has 13 rings (SSSR count). The van der Waals surface area contributed by atoms with E-state index >= 15 is 0 Å². The van der Waals surface area contributed by atoms with E-state index in [4.69, 9.17) is 4.42 Å². The molecule has 0 saturated carbocycles. The lowest BCUT2D eigenvalue weighted by atomic mass is 9.99. The third-order valence-electron chi connectivity index (χ3n) is 11.9. The molecule has 9 aromatic carbocycles. The molecule has 0 spiro atoms. The Balaban J connectivity index is 1.08. The van der Waals surface area contributed by atoms with Crippen LogP contribution < -0.4 is 0 Å². The number of thiophene rings is 1. The molecular weight excluding hydrogens is 701 g/mol. The number of benzene rings is 9. The zero-order chi connectivity index (χ0) is 36.5. The largest absolute Gasteiger partial charge is 0.454 e. The number of hydrogen-bond acceptors (Lipinski definition) is 2. The van der Waals surface area contributed by atoms with E-state index in [0.717, 1.165) is 39.0 Å². The van der Waals surface area contributed by atoms with Gasteiger partial charge >= 0.3 is 0 Å². The summed E-state index contributed by atoms with van der Waals surface area (Å²) in [6, 6.07) is 66.4. The van der Waals surface area contributed by atoms with Crippen molar-refractivity contribution in [2.45, 2.75) is 0 Å². The van der Waals surface area contributed by atoms with Gasteiger partial charge in [0.1, 0.15) is 5.58 Å². The lowest BCUT2D eigenvalue weighted by Gasteiger charge is -2.11. The summed E-state index contributed by atoms with van der Waals surface area (Å²) in [5.74, 6) is 0. The molecule has 260 valence electrons. The summed E-state index contributed by atoms with van der Waals surface area (Å²) in [5, 5.41) is 12.4. The van der Waals surface area contributed by atoms with Crippen LogP contribution in [-0.4, -0.2) is 9.13 Å². The Hall–Kier alpha value is -7.14. The second-order valence-electron chi connectivity index (χ2n) is 14.8. The molecule has 0 amide bonds. The Kier molecular flexibility index (Phi) is 6.04. The summed E-state index contributed by atoms with van der Waals surface area (Å²) in [4.78, 5) is 0. The molecule has 4 heteroatoms. The second kappa shape index (κ2) is 11.2. The van der Waals surface area contributed by atoms with E-state index in [1.54, 1.807) is 0 Å². The number of nitrogens with zero attached hydrogens (tertiary/aromatic N) is 2. The lowest BCUT2D eigenvalue weighted by Crippen LogP contribution is -1.95. The zero-order valence-corrected chi connectivity index (χ0v) is 30.8. The Morgan fingerprint density at radius 1 is 0.393 bits per heavy atom. The van der Waals surface area contributed by atoms with Crippen LogP contribution in [0, 0.1) is 0 Å². The maximum Gasteiger partial charge on any atom is 0.160 e. The van der Waals surface area contributed by atoms with Gasteiger partial charge in [-0.3, -0.25) is 0 Å². The van der Waals surface area contributed by atoms with Crippen molar-refractivity contribution in [1.29, 1.82) is 0 Å². The highest BCUT2D eigenvalue weighted by Gasteiger charge is 2.23. The number of furan rings is 1. The minimum absolute atomic E-state index is 0.911. The first-order chi connectivity index (χ1) is 27.8. The minimum atomic E-state index is 0.911. The summed E-state index contributed by atoms with van der Waals surface area (Å²) in [7, 11) is 0. The van der Waals surface area contributed by atoms with E-state index in [1.807, 2.05) is 11.3 Å². The van der Waals surface area contributed by atoms with E-state index in [0.29, 0.717) is 0 Å². The van der Waals surface area contributed by atoms with Crippen LogP contribution in [0.1, 0.15) is 0 Å². The number of rotatable bonds is 3. The van der Waals surface area contributed by atoms with Crippen molar-refractivity contribution in [3.63, 3.8) is 0 Å². The standard InChI is InChI=1S/C52H30N2OS/c1-2-13-34(14-3-1)53-44-26-24-33(29-41(44)49-35-15-5-4-12-31(35)22-27-45(49)53)32-23-25-43-39(28-32)36-16-6-9-19-42(36)54(43)46-30-40-37-17-8-11-21-48(37)56-52(40)50-38-18-7-10-20-47(38)55-51(46)50/h1-30H. The molecule has 0 N–H and O–H groups in total. The number of fused-ring (bicyclic) bond motifs is 15. The highest BCUT2D eigenvalue weighted by atomic mass is 32.1. The van der Waals surface area contributed by atoms with Crippen molar-refractivity contribution < 1.29 is 4.42 Å². The van der Waals surface area contributed by atoms with Crippen LogP contribution >= 0.6 is 11.3 Å². The van der Waals surface area contributed by atoms with Gasteiger partial charge in [0.2, 0.25) is 0 Å². The number of para-hydroxylation sites is 3. The highest BCUT2D eigenvalue weighted by molar-refractivity contribution is 7.26. The predicted octanol–water partition coefficient (Wildman–Crippen LogP) is 15.0. The summed E-state index contributed by atoms with van der Waals surface area (Å²) >= 11 is 1.85. The quantitative estimate of drug-likeness (QED) is 0.177. The van der Waals surface area contributed by atoms with Crippen molar-refractivity contribution in [2.75, 3.05) is 0 Å². The fourth-order valence-electron chi connectivity index (χ4n) is 9.45. The van der Waals surface area contributed by atoms with Gasteiger partial charge in [-0.15, -0.1) is 11.3 Å². The normalized spacial score (nSPS) is 12.3. The number of aromatic nitrogens is 2. The summed E-state index contributed by atoms with van der Waals surface area (Å²) < 4.78 is 14.2. The van der Waals surface area contributed by atoms with E-state index in [9.17, 15) is 0 Å².